The summed E-state index contributed by atoms with van der Waals surface area (Å²) in [6.07, 6.45) is 2.55. The number of nitrogens with one attached hydrogen (secondary N) is 7. The van der Waals surface area contributed by atoms with E-state index in [-0.39, 0.29) is 58.1 Å². The molecule has 0 spiro atoms. The normalized spacial score (nSPS) is 13.7. The van der Waals surface area contributed by atoms with E-state index < -0.39 is 84.2 Å². The Balaban J connectivity index is 1.09. The fourth-order valence-electron chi connectivity index (χ4n) is 9.24. The molecule has 0 aliphatic carbocycles. The number of anilines is 2. The summed E-state index contributed by atoms with van der Waals surface area (Å²) >= 11 is 0. The number of ether oxygens (including phenoxy) is 3. The molecule has 446 valence electrons. The topological polar surface area (TPSA) is 269 Å². The number of benzene rings is 5. The summed E-state index contributed by atoms with van der Waals surface area (Å²) in [4.78, 5) is 123. The smallest absolute Gasteiger partial charge is 0.407 e. The van der Waals surface area contributed by atoms with Crippen molar-refractivity contribution in [3.63, 3.8) is 0 Å². The first kappa shape index (κ1) is 64.1. The van der Waals surface area contributed by atoms with E-state index in [1.165, 1.54) is 4.90 Å². The molecule has 0 aromatic heterocycles. The SMILES string of the molecule is Cc1ccccc1NC(=O)Nc1ccc(CC(=O)N[C@@H](CCCCNC(=O)CCCCCNC(=O)OCc2ccccc2)C(=O)N[C@H](CC(=O)OCc2ccccc2)C(=O)N[C@H](C(=O)N2CCC[C@H]2C(=O)OCc2ccccc2)C(C)C)cc1. The lowest BCUT2D eigenvalue weighted by Gasteiger charge is -2.31. The first-order valence-electron chi connectivity index (χ1n) is 28.7. The van der Waals surface area contributed by atoms with Gasteiger partial charge >= 0.3 is 24.1 Å². The van der Waals surface area contributed by atoms with Crippen molar-refractivity contribution in [3.8, 4) is 0 Å². The molecular formula is C64H78N8O12. The molecule has 1 heterocycles. The lowest BCUT2D eigenvalue weighted by Crippen LogP contribution is -2.59. The molecule has 5 aromatic carbocycles. The van der Waals surface area contributed by atoms with Gasteiger partial charge in [-0.05, 0) is 104 Å². The van der Waals surface area contributed by atoms with E-state index >= 15 is 0 Å². The molecule has 0 radical (unpaired) electrons. The monoisotopic (exact) mass is 1150 g/mol. The Morgan fingerprint density at radius 2 is 1.14 bits per heavy atom. The van der Waals surface area contributed by atoms with Crippen molar-refractivity contribution in [3.05, 3.63) is 167 Å². The van der Waals surface area contributed by atoms with E-state index in [1.54, 1.807) is 68.4 Å². The molecule has 20 nitrogen and oxygen atoms in total. The van der Waals surface area contributed by atoms with Gasteiger partial charge in [-0.3, -0.25) is 28.8 Å². The molecule has 7 N–H and O–H groups in total. The highest BCUT2D eigenvalue weighted by molar-refractivity contribution is 6.00. The van der Waals surface area contributed by atoms with Crippen LogP contribution in [0.3, 0.4) is 0 Å². The van der Waals surface area contributed by atoms with Crippen molar-refractivity contribution in [2.75, 3.05) is 30.3 Å². The average Bonchev–Trinajstić information content (AvgIpc) is 4.13. The molecule has 1 aliphatic heterocycles. The van der Waals surface area contributed by atoms with Crippen LogP contribution in [0, 0.1) is 12.8 Å². The second kappa shape index (κ2) is 34.4. The summed E-state index contributed by atoms with van der Waals surface area (Å²) in [5, 5.41) is 19.4. The molecule has 1 fully saturated rings. The number of urea groups is 1. The van der Waals surface area contributed by atoms with Gasteiger partial charge in [-0.25, -0.2) is 14.4 Å². The predicted molar refractivity (Wildman–Crippen MR) is 316 cm³/mol. The second-order valence-corrected chi connectivity index (χ2v) is 21.0. The number of carbonyl (C=O) groups excluding carboxylic acids is 9. The fraction of sp³-hybridized carbons (Fsp3) is 0.391. The molecule has 8 amide bonds. The number of hydrogen-bond donors (Lipinski definition) is 7. The lowest BCUT2D eigenvalue weighted by molar-refractivity contribution is -0.155. The highest BCUT2D eigenvalue weighted by atomic mass is 16.5. The van der Waals surface area contributed by atoms with Crippen LogP contribution >= 0.6 is 0 Å². The molecular weight excluding hydrogens is 1070 g/mol. The van der Waals surface area contributed by atoms with Crippen molar-refractivity contribution >= 4 is 65.0 Å². The largest absolute Gasteiger partial charge is 0.461 e. The van der Waals surface area contributed by atoms with Crippen LogP contribution in [0.5, 0.6) is 0 Å². The zero-order valence-electron chi connectivity index (χ0n) is 48.0. The molecule has 0 saturated carbocycles. The van der Waals surface area contributed by atoms with E-state index in [1.807, 2.05) is 91.9 Å². The third-order valence-corrected chi connectivity index (χ3v) is 13.9. The van der Waals surface area contributed by atoms with Gasteiger partial charge in [0, 0.05) is 37.4 Å². The van der Waals surface area contributed by atoms with Crippen molar-refractivity contribution in [2.45, 2.75) is 135 Å². The Morgan fingerprint density at radius 3 is 1.79 bits per heavy atom. The molecule has 1 aliphatic rings. The molecule has 84 heavy (non-hydrogen) atoms. The van der Waals surface area contributed by atoms with Gasteiger partial charge in [-0.2, -0.15) is 0 Å². The summed E-state index contributed by atoms with van der Waals surface area (Å²) in [6, 6.07) is 35.9. The van der Waals surface area contributed by atoms with Crippen molar-refractivity contribution < 1.29 is 57.4 Å². The average molecular weight is 1150 g/mol. The third kappa shape index (κ3) is 22.4. The zero-order valence-corrected chi connectivity index (χ0v) is 48.0. The number of nitrogens with zero attached hydrogens (tertiary/aromatic N) is 1. The van der Waals surface area contributed by atoms with Crippen molar-refractivity contribution in [2.24, 2.45) is 5.92 Å². The maximum Gasteiger partial charge on any atom is 0.407 e. The van der Waals surface area contributed by atoms with E-state index in [0.29, 0.717) is 74.0 Å². The molecule has 4 atom stereocenters. The van der Waals surface area contributed by atoms with Gasteiger partial charge < -0.3 is 56.3 Å². The van der Waals surface area contributed by atoms with Crippen LogP contribution in [-0.4, -0.2) is 102 Å². The van der Waals surface area contributed by atoms with E-state index in [9.17, 15) is 43.2 Å². The number of esters is 2. The summed E-state index contributed by atoms with van der Waals surface area (Å²) in [5.41, 5.74) is 4.90. The number of amides is 8. The number of likely N-dealkylation sites (tertiary alicyclic amines) is 1. The lowest BCUT2D eigenvalue weighted by atomic mass is 10.0. The van der Waals surface area contributed by atoms with Crippen molar-refractivity contribution in [1.82, 2.24) is 31.5 Å². The minimum absolute atomic E-state index is 0.0169. The minimum atomic E-state index is -1.59. The van der Waals surface area contributed by atoms with Gasteiger partial charge in [0.25, 0.3) is 0 Å². The van der Waals surface area contributed by atoms with Crippen LogP contribution in [-0.2, 0) is 74.0 Å². The molecule has 5 aromatic rings. The van der Waals surface area contributed by atoms with Crippen LogP contribution in [0.15, 0.2) is 140 Å². The van der Waals surface area contributed by atoms with E-state index in [2.05, 4.69) is 37.2 Å². The van der Waals surface area contributed by atoms with Crippen LogP contribution in [0.25, 0.3) is 0 Å². The molecule has 20 heteroatoms. The number of rotatable bonds is 31. The number of hydrogen-bond acceptors (Lipinski definition) is 12. The number of aryl methyl sites for hydroxylation is 1. The van der Waals surface area contributed by atoms with Gasteiger partial charge in [0.15, 0.2) is 0 Å². The molecule has 0 unspecified atom stereocenters. The van der Waals surface area contributed by atoms with Crippen LogP contribution in [0.1, 0.15) is 106 Å². The van der Waals surface area contributed by atoms with Crippen LogP contribution in [0.2, 0.25) is 0 Å². The number of para-hydroxylation sites is 1. The molecule has 6 rings (SSSR count). The maximum atomic E-state index is 14.5. The highest BCUT2D eigenvalue weighted by Crippen LogP contribution is 2.23. The van der Waals surface area contributed by atoms with Gasteiger partial charge in [0.2, 0.25) is 29.5 Å². The highest BCUT2D eigenvalue weighted by Gasteiger charge is 2.41. The van der Waals surface area contributed by atoms with Gasteiger partial charge in [0.05, 0.1) is 12.8 Å². The second-order valence-electron chi connectivity index (χ2n) is 21.0. The Kier molecular flexibility index (Phi) is 26.2. The Labute approximate surface area is 490 Å². The quantitative estimate of drug-likeness (QED) is 0.0127. The molecule has 1 saturated heterocycles. The maximum absolute atomic E-state index is 14.5. The Bertz CT molecular complexity index is 2950. The Morgan fingerprint density at radius 1 is 0.560 bits per heavy atom. The summed E-state index contributed by atoms with van der Waals surface area (Å²) in [5.74, 6) is -4.84. The fourth-order valence-corrected chi connectivity index (χ4v) is 9.24. The number of unbranched alkanes of at least 4 members (excludes halogenated alkanes) is 3. The van der Waals surface area contributed by atoms with Crippen molar-refractivity contribution in [1.29, 1.82) is 0 Å². The molecule has 0 bridgehead atoms. The third-order valence-electron chi connectivity index (χ3n) is 13.9. The van der Waals surface area contributed by atoms with Crippen LogP contribution in [0.4, 0.5) is 21.0 Å². The summed E-state index contributed by atoms with van der Waals surface area (Å²) in [7, 11) is 0. The minimum Gasteiger partial charge on any atom is -0.461 e. The van der Waals surface area contributed by atoms with Crippen LogP contribution < -0.4 is 37.2 Å². The predicted octanol–water partition coefficient (Wildman–Crippen LogP) is 7.93. The first-order valence-corrected chi connectivity index (χ1v) is 28.7. The Hall–Kier alpha value is -9.07. The summed E-state index contributed by atoms with van der Waals surface area (Å²) < 4.78 is 16.4. The summed E-state index contributed by atoms with van der Waals surface area (Å²) in [6.45, 7) is 6.29. The number of alkyl carbamates (subject to hydrolysis) is 1. The van der Waals surface area contributed by atoms with Gasteiger partial charge in [-0.1, -0.05) is 142 Å². The van der Waals surface area contributed by atoms with E-state index in [4.69, 9.17) is 14.2 Å². The van der Waals surface area contributed by atoms with Gasteiger partial charge in [0.1, 0.15) is 44.0 Å². The first-order chi connectivity index (χ1) is 40.6. The zero-order chi connectivity index (χ0) is 60.1. The van der Waals surface area contributed by atoms with E-state index in [0.717, 1.165) is 16.7 Å². The standard InChI is InChI=1S/C64H78N8O12/c1-44(2)58(61(78)72-38-20-30-54(72)62(79)83-42-48-24-10-5-11-25-48)71-60(77)53(40-57(75)82-41-47-22-8-4-9-23-47)69-59(76)52(68-56(74)39-46-32-34-50(35-33-46)67-63(80)70-51-28-16-15-21-45(51)3)29-17-19-36-65-55(73)31-14-7-18-37-66-64(81)84-43-49-26-12-6-13-27-49/h4-6,8-13,15-16,21-28,32-35,44,52-54,58H,7,14,17-20,29-31,36-43H2,1-3H3,(H,65,73)(H,66,81)(H,68,74)(H,69,76)(H,71,77)(H2,67,70,80)/t52-,53+,54-,58-/m0/s1. The van der Waals surface area contributed by atoms with Gasteiger partial charge in [-0.15, -0.1) is 0 Å². The number of carbonyl (C=O) groups is 9.